The molecule has 15 nitrogen and oxygen atoms in total. The van der Waals surface area contributed by atoms with Gasteiger partial charge in [-0.1, -0.05) is 35.9 Å². The third kappa shape index (κ3) is 10.6. The topological polar surface area (TPSA) is 194 Å². The number of carbonyl (C=O) groups is 4. The lowest BCUT2D eigenvalue weighted by molar-refractivity contribution is 0.0901. The van der Waals surface area contributed by atoms with Crippen molar-refractivity contribution in [2.45, 2.75) is 6.61 Å². The fourth-order valence-corrected chi connectivity index (χ4v) is 9.65. The van der Waals surface area contributed by atoms with Crippen LogP contribution >= 0.6 is 34.3 Å². The van der Waals surface area contributed by atoms with Crippen LogP contribution in [0.2, 0.25) is 5.02 Å². The Kier molecular flexibility index (Phi) is 15.4. The van der Waals surface area contributed by atoms with Gasteiger partial charge in [-0.05, 0) is 54.6 Å². The summed E-state index contributed by atoms with van der Waals surface area (Å²) in [7, 11) is 5.68. The van der Waals surface area contributed by atoms with Crippen molar-refractivity contribution in [1.82, 2.24) is 20.6 Å². The number of aliphatic hydroxyl groups is 1. The Morgan fingerprint density at radius 3 is 1.93 bits per heavy atom. The van der Waals surface area contributed by atoms with Crippen molar-refractivity contribution in [1.29, 1.82) is 0 Å². The Balaban J connectivity index is 1.04. The summed E-state index contributed by atoms with van der Waals surface area (Å²) in [6, 6.07) is 21.0. The third-order valence-corrected chi connectivity index (χ3v) is 13.2. The number of rotatable bonds is 20. The monoisotopic (exact) mass is 1020 g/mol. The zero-order valence-electron chi connectivity index (χ0n) is 38.1. The van der Waals surface area contributed by atoms with Gasteiger partial charge in [0.2, 0.25) is 0 Å². The maximum atomic E-state index is 16.5. The van der Waals surface area contributed by atoms with Crippen molar-refractivity contribution in [3.8, 4) is 57.0 Å². The van der Waals surface area contributed by atoms with Crippen molar-refractivity contribution in [2.75, 3.05) is 54.7 Å². The van der Waals surface area contributed by atoms with Gasteiger partial charge in [0.05, 0.1) is 63.2 Å². The minimum atomic E-state index is -0.620. The summed E-state index contributed by atoms with van der Waals surface area (Å²) >= 11 is 8.71. The molecule has 0 spiro atoms. The van der Waals surface area contributed by atoms with Crippen LogP contribution in [0.5, 0.6) is 34.5 Å². The quantitative estimate of drug-likeness (QED) is 0.0612. The largest absolute Gasteiger partial charge is 0.493 e. The second kappa shape index (κ2) is 21.9. The number of amides is 2. The minimum Gasteiger partial charge on any atom is -0.493 e. The van der Waals surface area contributed by atoms with Crippen LogP contribution in [0.15, 0.2) is 95.7 Å². The van der Waals surface area contributed by atoms with E-state index in [0.717, 1.165) is 22.7 Å². The molecule has 0 aliphatic carbocycles. The first kappa shape index (κ1) is 49.7. The van der Waals surface area contributed by atoms with Gasteiger partial charge in [-0.3, -0.25) is 19.2 Å². The van der Waals surface area contributed by atoms with E-state index < -0.39 is 48.1 Å². The van der Waals surface area contributed by atoms with Gasteiger partial charge in [0, 0.05) is 60.4 Å². The van der Waals surface area contributed by atoms with Crippen molar-refractivity contribution in [2.24, 2.45) is 0 Å². The van der Waals surface area contributed by atoms with E-state index in [1.54, 1.807) is 41.1 Å². The van der Waals surface area contributed by atoms with Crippen LogP contribution in [0.1, 0.15) is 47.3 Å². The van der Waals surface area contributed by atoms with Crippen molar-refractivity contribution in [3.05, 3.63) is 140 Å². The average molecular weight is 1020 g/mol. The van der Waals surface area contributed by atoms with E-state index in [1.165, 1.54) is 83.0 Å². The molecule has 2 amide bonds. The molecule has 71 heavy (non-hydrogen) atoms. The Morgan fingerprint density at radius 1 is 0.648 bits per heavy atom. The van der Waals surface area contributed by atoms with Gasteiger partial charge in [-0.15, -0.1) is 22.7 Å². The highest BCUT2D eigenvalue weighted by molar-refractivity contribution is 7.18. The lowest BCUT2D eigenvalue weighted by Crippen LogP contribution is -2.30. The van der Waals surface area contributed by atoms with E-state index in [2.05, 4.69) is 20.6 Å². The summed E-state index contributed by atoms with van der Waals surface area (Å²) in [4.78, 5) is 62.5. The lowest BCUT2D eigenvalue weighted by atomic mass is 10.1. The molecule has 8 aromatic rings. The summed E-state index contributed by atoms with van der Waals surface area (Å²) in [5, 5.41) is 18.9. The highest BCUT2D eigenvalue weighted by atomic mass is 35.5. The van der Waals surface area contributed by atoms with Gasteiger partial charge in [0.25, 0.3) is 11.8 Å². The summed E-state index contributed by atoms with van der Waals surface area (Å²) < 4.78 is 65.4. The van der Waals surface area contributed by atoms with Crippen molar-refractivity contribution >= 4 is 77.8 Å². The van der Waals surface area contributed by atoms with Crippen LogP contribution in [0.3, 0.4) is 0 Å². The van der Waals surface area contributed by atoms with Crippen LogP contribution in [-0.2, 0) is 6.61 Å². The molecule has 4 heterocycles. The van der Waals surface area contributed by atoms with Gasteiger partial charge in [-0.25, -0.2) is 18.7 Å². The number of nitrogens with zero attached hydrogens (tertiary/aromatic N) is 2. The van der Waals surface area contributed by atoms with Gasteiger partial charge in [0.1, 0.15) is 41.9 Å². The number of hydrogen-bond acceptors (Lipinski definition) is 15. The third-order valence-electron chi connectivity index (χ3n) is 11.0. The Hall–Kier alpha value is -7.71. The number of ketones is 2. The summed E-state index contributed by atoms with van der Waals surface area (Å²) in [6.45, 7) is -1.45. The van der Waals surface area contributed by atoms with E-state index in [9.17, 15) is 23.6 Å². The molecule has 0 aliphatic rings. The fraction of sp³-hybridized carbons (Fsp3) is 0.176. The summed E-state index contributed by atoms with van der Waals surface area (Å²) in [6.07, 6.45) is 0. The molecule has 0 unspecified atom stereocenters. The minimum absolute atomic E-state index is 0.0118. The van der Waals surface area contributed by atoms with Crippen LogP contribution in [-0.4, -0.2) is 93.2 Å². The van der Waals surface area contributed by atoms with Gasteiger partial charge >= 0.3 is 0 Å². The molecule has 0 fully saturated rings. The number of halogens is 3. The number of thiophene rings is 2. The number of carbonyl (C=O) groups excluding carboxylic acids is 4. The number of benzene rings is 4. The number of ether oxygens (including phenoxy) is 6. The predicted octanol–water partition coefficient (Wildman–Crippen LogP) is 9.38. The maximum Gasteiger partial charge on any atom is 0.251 e. The molecular weight excluding hydrogens is 982 g/mol. The van der Waals surface area contributed by atoms with Crippen LogP contribution in [0, 0.1) is 11.6 Å². The molecule has 20 heteroatoms. The van der Waals surface area contributed by atoms with Crippen LogP contribution in [0.4, 0.5) is 8.78 Å². The number of pyridine rings is 2. The number of aliphatic hydroxyl groups excluding tert-OH is 1. The average Bonchev–Trinajstić information content (AvgIpc) is 4.04. The first-order valence-corrected chi connectivity index (χ1v) is 23.5. The lowest BCUT2D eigenvalue weighted by Gasteiger charge is -2.16. The molecule has 0 radical (unpaired) electrons. The number of nitrogens with one attached hydrogen (secondary N) is 2. The first-order chi connectivity index (χ1) is 34.3. The first-order valence-electron chi connectivity index (χ1n) is 21.4. The predicted molar refractivity (Wildman–Crippen MR) is 264 cm³/mol. The summed E-state index contributed by atoms with van der Waals surface area (Å²) in [5.41, 5.74) is 1.77. The van der Waals surface area contributed by atoms with Gasteiger partial charge < -0.3 is 44.2 Å². The zero-order valence-corrected chi connectivity index (χ0v) is 40.5. The van der Waals surface area contributed by atoms with Crippen molar-refractivity contribution in [3.63, 3.8) is 0 Å². The molecule has 3 N–H and O–H groups in total. The molecule has 0 saturated carbocycles. The molecule has 0 bridgehead atoms. The van der Waals surface area contributed by atoms with Crippen LogP contribution in [0.25, 0.3) is 42.7 Å². The number of aromatic nitrogens is 2. The van der Waals surface area contributed by atoms with Gasteiger partial charge in [-0.2, -0.15) is 0 Å². The van der Waals surface area contributed by atoms with E-state index in [-0.39, 0.29) is 80.6 Å². The van der Waals surface area contributed by atoms with E-state index in [4.69, 9.17) is 45.1 Å². The molecule has 0 aliphatic heterocycles. The Bertz CT molecular complexity index is 3370. The fourth-order valence-electron chi connectivity index (χ4n) is 7.46. The molecule has 8 rings (SSSR count). The molecule has 4 aromatic carbocycles. The number of methoxy groups -OCH3 is 4. The number of Topliss-reactive ketones (excluding diaryl/α,β-unsaturated/α-hetero) is 2. The van der Waals surface area contributed by atoms with Crippen LogP contribution < -0.4 is 39.1 Å². The van der Waals surface area contributed by atoms with E-state index >= 15 is 4.39 Å². The molecule has 0 saturated heterocycles. The summed E-state index contributed by atoms with van der Waals surface area (Å²) in [5.74, 6) is -1.91. The van der Waals surface area contributed by atoms with Gasteiger partial charge in [0.15, 0.2) is 46.1 Å². The highest BCUT2D eigenvalue weighted by Crippen LogP contribution is 2.44. The molecule has 364 valence electrons. The maximum absolute atomic E-state index is 16.5. The number of hydrogen-bond donors (Lipinski definition) is 3. The SMILES string of the molecule is COc1ccc(C(=O)NCC(=O)c2cc(Cl)cc(-c3csc4c(F)c(COc5cc(C(=O)CNC(=O)c6ccc(OCCO)c(OC)c6)nc(-c6csc7c(F)cccc67)c5OC)ccc34)n2)cc1OC. The Labute approximate surface area is 416 Å². The second-order valence-electron chi connectivity index (χ2n) is 15.3. The number of fused-ring (bicyclic) bond motifs is 2. The normalized spacial score (nSPS) is 11.0. The van der Waals surface area contributed by atoms with E-state index in [0.29, 0.717) is 49.5 Å². The molecule has 0 atom stereocenters. The smallest absolute Gasteiger partial charge is 0.251 e. The standard InChI is InChI=1S/C51H41ClF2N4O11S2/c1-64-40-12-9-26(16-42(40)65-2)50(62)55-21-38(60)36-19-29(52)18-35(57-36)32-24-71-49-31(32)11-8-28(45(49)54)23-69-44-20-37(58-46(47(44)67-4)33-25-70-48-30(33)6-5-7-34(48)53)39(61)22-56-51(63)27-10-13-41(68-15-14-59)43(17-27)66-3/h5-13,16-20,24-25,59H,14-15,21-23H2,1-4H3,(H,55,62)(H,56,63). The molecule has 4 aromatic heterocycles. The molecular formula is C51H41ClF2N4O11S2. The zero-order chi connectivity index (χ0) is 50.3. The Morgan fingerprint density at radius 2 is 1.27 bits per heavy atom. The van der Waals surface area contributed by atoms with Crippen molar-refractivity contribution < 1.29 is 61.5 Å². The highest BCUT2D eigenvalue weighted by Gasteiger charge is 2.25. The van der Waals surface area contributed by atoms with E-state index in [1.807, 2.05) is 0 Å². The second-order valence-corrected chi connectivity index (χ2v) is 17.5.